The number of ether oxygens (including phenoxy) is 1. The molecule has 154 valence electrons. The van der Waals surface area contributed by atoms with Crippen LogP contribution in [0.25, 0.3) is 0 Å². The first-order valence-corrected chi connectivity index (χ1v) is 10.9. The van der Waals surface area contributed by atoms with Crippen LogP contribution < -0.4 is 10.2 Å². The lowest BCUT2D eigenvalue weighted by atomic mass is 9.98. The number of rotatable bonds is 6. The summed E-state index contributed by atoms with van der Waals surface area (Å²) in [7, 11) is 0. The number of hydrogen-bond donors (Lipinski definition) is 1. The van der Waals surface area contributed by atoms with Crippen LogP contribution in [0.1, 0.15) is 52.2 Å². The smallest absolute Gasteiger partial charge is 0.414 e. The number of nitrogens with one attached hydrogen (secondary N) is 1. The molecule has 0 bridgehead atoms. The van der Waals surface area contributed by atoms with Crippen LogP contribution in [0.15, 0.2) is 66.0 Å². The van der Waals surface area contributed by atoms with Crippen molar-refractivity contribution in [2.75, 3.05) is 18.1 Å². The third-order valence-electron chi connectivity index (χ3n) is 5.22. The molecule has 2 aromatic carbocycles. The van der Waals surface area contributed by atoms with Gasteiger partial charge in [0, 0.05) is 16.1 Å². The molecule has 1 saturated heterocycles. The summed E-state index contributed by atoms with van der Waals surface area (Å²) >= 11 is 1.61. The van der Waals surface area contributed by atoms with Crippen molar-refractivity contribution in [3.05, 3.63) is 87.6 Å². The third kappa shape index (κ3) is 4.24. The summed E-state index contributed by atoms with van der Waals surface area (Å²) in [4.78, 5) is 27.6. The molecule has 0 aliphatic carbocycles. The van der Waals surface area contributed by atoms with Crippen LogP contribution in [0.4, 0.5) is 10.5 Å². The molecule has 1 aliphatic rings. The highest BCUT2D eigenvalue weighted by atomic mass is 32.1. The quantitative estimate of drug-likeness (QED) is 0.585. The third-order valence-corrected chi connectivity index (χ3v) is 6.16. The van der Waals surface area contributed by atoms with Crippen LogP contribution >= 0.6 is 11.3 Å². The van der Waals surface area contributed by atoms with Gasteiger partial charge in [-0.3, -0.25) is 9.69 Å². The molecule has 2 amide bonds. The highest BCUT2D eigenvalue weighted by Gasteiger charge is 2.25. The maximum Gasteiger partial charge on any atom is 0.414 e. The van der Waals surface area contributed by atoms with Crippen molar-refractivity contribution in [3.63, 3.8) is 0 Å². The van der Waals surface area contributed by atoms with E-state index in [1.807, 2.05) is 23.6 Å². The molecule has 3 aromatic rings. The number of carbonyl (C=O) groups excluding carboxylic acids is 2. The van der Waals surface area contributed by atoms with Gasteiger partial charge in [-0.05, 0) is 46.7 Å². The molecule has 4 rings (SSSR count). The van der Waals surface area contributed by atoms with Crippen molar-refractivity contribution >= 4 is 29.0 Å². The number of carbonyl (C=O) groups is 2. The zero-order valence-corrected chi connectivity index (χ0v) is 17.8. The summed E-state index contributed by atoms with van der Waals surface area (Å²) in [6.07, 6.45) is -0.380. The largest absolute Gasteiger partial charge is 0.447 e. The molecule has 5 nitrogen and oxygen atoms in total. The standard InChI is InChI=1S/C24H24N2O3S/c1-16(2)17-8-10-18(11-9-17)22(21-7-4-14-30-21)25-23(27)19-5-3-6-20(15-19)26-12-13-29-24(26)28/h3-11,14-16,22H,12-13H2,1-2H3,(H,25,27). The zero-order chi connectivity index (χ0) is 21.1. The van der Waals surface area contributed by atoms with E-state index in [1.165, 1.54) is 10.5 Å². The summed E-state index contributed by atoms with van der Waals surface area (Å²) in [5.74, 6) is 0.268. The first-order valence-electron chi connectivity index (χ1n) is 10.0. The van der Waals surface area contributed by atoms with Crippen molar-refractivity contribution in [2.24, 2.45) is 0 Å². The van der Waals surface area contributed by atoms with Crippen LogP contribution in [-0.4, -0.2) is 25.2 Å². The first-order chi connectivity index (χ1) is 14.5. The Labute approximate surface area is 180 Å². The number of hydrogen-bond acceptors (Lipinski definition) is 4. The predicted molar refractivity (Wildman–Crippen MR) is 119 cm³/mol. The highest BCUT2D eigenvalue weighted by Crippen LogP contribution is 2.28. The van der Waals surface area contributed by atoms with Gasteiger partial charge in [0.15, 0.2) is 0 Å². The molecule has 1 fully saturated rings. The Hall–Kier alpha value is -3.12. The van der Waals surface area contributed by atoms with E-state index in [0.29, 0.717) is 30.3 Å². The van der Waals surface area contributed by atoms with E-state index >= 15 is 0 Å². The second kappa shape index (κ2) is 8.71. The lowest BCUT2D eigenvalue weighted by Crippen LogP contribution is -2.29. The lowest BCUT2D eigenvalue weighted by Gasteiger charge is -2.20. The Morgan fingerprint density at radius 1 is 1.07 bits per heavy atom. The molecule has 30 heavy (non-hydrogen) atoms. The molecular formula is C24H24N2O3S. The number of anilines is 1. The molecule has 2 heterocycles. The second-order valence-corrected chi connectivity index (χ2v) is 8.54. The van der Waals surface area contributed by atoms with Gasteiger partial charge in [-0.2, -0.15) is 0 Å². The molecule has 6 heteroatoms. The number of amides is 2. The molecule has 1 atom stereocenters. The molecule has 0 saturated carbocycles. The normalized spacial score (nSPS) is 14.6. The molecule has 0 radical (unpaired) electrons. The van der Waals surface area contributed by atoms with E-state index in [0.717, 1.165) is 10.4 Å². The maximum atomic E-state index is 13.1. The summed E-state index contributed by atoms with van der Waals surface area (Å²) in [6, 6.07) is 19.3. The van der Waals surface area contributed by atoms with E-state index in [9.17, 15) is 9.59 Å². The summed E-state index contributed by atoms with van der Waals surface area (Å²) < 4.78 is 5.01. The number of benzene rings is 2. The fourth-order valence-corrected chi connectivity index (χ4v) is 4.31. The molecule has 1 aromatic heterocycles. The van der Waals surface area contributed by atoms with E-state index < -0.39 is 0 Å². The minimum Gasteiger partial charge on any atom is -0.447 e. The number of cyclic esters (lactones) is 1. The van der Waals surface area contributed by atoms with Crippen LogP contribution in [0.2, 0.25) is 0 Å². The van der Waals surface area contributed by atoms with Crippen molar-refractivity contribution in [1.29, 1.82) is 0 Å². The van der Waals surface area contributed by atoms with Crippen LogP contribution in [0.5, 0.6) is 0 Å². The predicted octanol–water partition coefficient (Wildman–Crippen LogP) is 5.35. The van der Waals surface area contributed by atoms with Gasteiger partial charge in [0.2, 0.25) is 0 Å². The van der Waals surface area contributed by atoms with Crippen molar-refractivity contribution < 1.29 is 14.3 Å². The fraction of sp³-hybridized carbons (Fsp3) is 0.250. The van der Waals surface area contributed by atoms with Crippen molar-refractivity contribution in [1.82, 2.24) is 5.32 Å². The SMILES string of the molecule is CC(C)c1ccc(C(NC(=O)c2cccc(N3CCOC3=O)c2)c2cccs2)cc1. The van der Waals surface area contributed by atoms with Crippen LogP contribution in [0.3, 0.4) is 0 Å². The van der Waals surface area contributed by atoms with Gasteiger partial charge in [-0.15, -0.1) is 11.3 Å². The van der Waals surface area contributed by atoms with E-state index in [1.54, 1.807) is 29.5 Å². The first kappa shape index (κ1) is 20.2. The Morgan fingerprint density at radius 2 is 1.83 bits per heavy atom. The van der Waals surface area contributed by atoms with Gasteiger partial charge < -0.3 is 10.1 Å². The Balaban J connectivity index is 1.59. The Kier molecular flexibility index (Phi) is 5.86. The average Bonchev–Trinajstić information content (AvgIpc) is 3.44. The minimum absolute atomic E-state index is 0.184. The van der Waals surface area contributed by atoms with Crippen LogP contribution in [-0.2, 0) is 4.74 Å². The topological polar surface area (TPSA) is 58.6 Å². The highest BCUT2D eigenvalue weighted by molar-refractivity contribution is 7.10. The fourth-order valence-electron chi connectivity index (χ4n) is 3.51. The summed E-state index contributed by atoms with van der Waals surface area (Å²) in [5, 5.41) is 5.18. The van der Waals surface area contributed by atoms with Gasteiger partial charge in [0.25, 0.3) is 5.91 Å². The van der Waals surface area contributed by atoms with Gasteiger partial charge in [-0.25, -0.2) is 4.79 Å². The molecule has 1 N–H and O–H groups in total. The molecule has 0 spiro atoms. The van der Waals surface area contributed by atoms with Gasteiger partial charge in [-0.1, -0.05) is 50.2 Å². The van der Waals surface area contributed by atoms with Gasteiger partial charge in [0.1, 0.15) is 6.61 Å². The Bertz CT molecular complexity index is 1030. The molecular weight excluding hydrogens is 396 g/mol. The summed E-state index contributed by atoms with van der Waals surface area (Å²) in [5.41, 5.74) is 3.47. The van der Waals surface area contributed by atoms with Crippen molar-refractivity contribution in [3.8, 4) is 0 Å². The second-order valence-electron chi connectivity index (χ2n) is 7.56. The molecule has 1 unspecified atom stereocenters. The number of thiophene rings is 1. The minimum atomic E-state index is -0.380. The summed E-state index contributed by atoms with van der Waals surface area (Å²) in [6.45, 7) is 5.18. The number of nitrogens with zero attached hydrogens (tertiary/aromatic N) is 1. The monoisotopic (exact) mass is 420 g/mol. The lowest BCUT2D eigenvalue weighted by molar-refractivity contribution is 0.0943. The average molecular weight is 421 g/mol. The van der Waals surface area contributed by atoms with Crippen molar-refractivity contribution in [2.45, 2.75) is 25.8 Å². The maximum absolute atomic E-state index is 13.1. The zero-order valence-electron chi connectivity index (χ0n) is 17.0. The van der Waals surface area contributed by atoms with E-state index in [2.05, 4.69) is 43.4 Å². The van der Waals surface area contributed by atoms with E-state index in [-0.39, 0.29) is 18.0 Å². The van der Waals surface area contributed by atoms with E-state index in [4.69, 9.17) is 4.74 Å². The molecule has 1 aliphatic heterocycles. The van der Waals surface area contributed by atoms with Gasteiger partial charge >= 0.3 is 6.09 Å². The van der Waals surface area contributed by atoms with Gasteiger partial charge in [0.05, 0.1) is 12.6 Å². The Morgan fingerprint density at radius 3 is 2.47 bits per heavy atom. The van der Waals surface area contributed by atoms with Crippen LogP contribution in [0, 0.1) is 0 Å².